The zero-order valence-corrected chi connectivity index (χ0v) is 67.6. The van der Waals surface area contributed by atoms with E-state index < -0.39 is 97.5 Å². The Morgan fingerprint density at radius 2 is 0.491 bits per heavy atom. The van der Waals surface area contributed by atoms with E-state index in [2.05, 4.69) is 198 Å². The van der Waals surface area contributed by atoms with E-state index in [0.717, 1.165) is 193 Å². The summed E-state index contributed by atoms with van der Waals surface area (Å²) in [5.74, 6) is -2.29. The molecule has 0 amide bonds. The zero-order valence-electron chi connectivity index (χ0n) is 65.8. The average molecular weight is 1520 g/mol. The summed E-state index contributed by atoms with van der Waals surface area (Å²) < 4.78 is 68.6. The Bertz CT molecular complexity index is 2680. The van der Waals surface area contributed by atoms with Gasteiger partial charge in [0.05, 0.1) is 26.4 Å². The maximum Gasteiger partial charge on any atom is 0.472 e. The smallest absolute Gasteiger partial charge is 0.462 e. The van der Waals surface area contributed by atoms with E-state index in [-0.39, 0.29) is 25.7 Å². The van der Waals surface area contributed by atoms with Crippen molar-refractivity contribution in [3.8, 4) is 0 Å². The fraction of sp³-hybridized carbons (Fsp3) is 0.632. The van der Waals surface area contributed by atoms with Crippen LogP contribution in [0.25, 0.3) is 0 Å². The highest BCUT2D eigenvalue weighted by Crippen LogP contribution is 2.45. The molecule has 19 heteroatoms. The van der Waals surface area contributed by atoms with Crippen molar-refractivity contribution in [1.29, 1.82) is 0 Å². The van der Waals surface area contributed by atoms with Crippen LogP contribution in [0.2, 0.25) is 0 Å². The van der Waals surface area contributed by atoms with Gasteiger partial charge in [-0.1, -0.05) is 268 Å². The molecule has 0 aliphatic carbocycles. The van der Waals surface area contributed by atoms with Crippen molar-refractivity contribution in [3.63, 3.8) is 0 Å². The van der Waals surface area contributed by atoms with Crippen LogP contribution in [0.15, 0.2) is 170 Å². The minimum atomic E-state index is -5.00. The summed E-state index contributed by atoms with van der Waals surface area (Å²) >= 11 is 0. The third kappa shape index (κ3) is 76.6. The van der Waals surface area contributed by atoms with Crippen LogP contribution in [-0.4, -0.2) is 96.7 Å². The van der Waals surface area contributed by atoms with Gasteiger partial charge in [-0.25, -0.2) is 9.13 Å². The molecular formula is C87H142O17P2. The molecule has 0 aliphatic heterocycles. The molecule has 0 saturated carbocycles. The number of carbonyl (C=O) groups excluding carboxylic acids is 4. The number of aliphatic hydroxyl groups excluding tert-OH is 1. The van der Waals surface area contributed by atoms with Gasteiger partial charge < -0.3 is 33.8 Å². The number of hydrogen-bond donors (Lipinski definition) is 3. The van der Waals surface area contributed by atoms with E-state index in [1.165, 1.54) is 25.7 Å². The Hall–Kier alpha value is -5.58. The third-order valence-electron chi connectivity index (χ3n) is 16.2. The van der Waals surface area contributed by atoms with Crippen LogP contribution >= 0.6 is 15.6 Å². The van der Waals surface area contributed by atoms with Gasteiger partial charge in [0, 0.05) is 25.7 Å². The first-order chi connectivity index (χ1) is 51.7. The number of rotatable bonds is 74. The van der Waals surface area contributed by atoms with Crippen LogP contribution < -0.4 is 0 Å². The zero-order chi connectivity index (χ0) is 77.4. The number of phosphoric acid groups is 2. The highest BCUT2D eigenvalue weighted by molar-refractivity contribution is 7.47. The van der Waals surface area contributed by atoms with Gasteiger partial charge in [-0.2, -0.15) is 0 Å². The Kier molecular flexibility index (Phi) is 73.5. The summed E-state index contributed by atoms with van der Waals surface area (Å²) in [6.07, 6.45) is 91.9. The standard InChI is InChI=1S/C87H142O17P2/c1-5-9-13-17-21-25-29-33-36-38-40-42-45-49-52-56-60-64-68-72-85(90)98-78-83(104-87(92)74-70-66-62-58-54-50-46-43-41-39-37-34-30-26-22-18-14-10-6-2)80-102-106(95,96)100-76-81(88)75-99-105(93,94)101-79-82(103-86(91)73-69-65-61-57-53-47-32-28-24-20-16-12-8-4)77-97-84(89)71-67-63-59-55-51-48-44-35-31-27-23-19-15-11-7-3/h9-11,13-15,21-23,25-28,32-37,40-44,49,51-52,55,81-83,88H,5-8,12,16-20,24,29-31,38-39,45-48,50,53-54,56-80H2,1-4H3,(H,93,94)(H,95,96)/b13-9-,14-10-,15-11-,25-21-,26-22-,27-23-,32-28-,36-33-,37-34-,42-40-,43-41-,44-35-,52-49-,55-51-. The van der Waals surface area contributed by atoms with Gasteiger partial charge in [-0.3, -0.25) is 37.3 Å². The first-order valence-electron chi connectivity index (χ1n) is 40.4. The second-order valence-electron chi connectivity index (χ2n) is 26.2. The second kappa shape index (κ2) is 77.6. The lowest BCUT2D eigenvalue weighted by molar-refractivity contribution is -0.161. The van der Waals surface area contributed by atoms with Crippen LogP contribution in [0.4, 0.5) is 0 Å². The van der Waals surface area contributed by atoms with Crippen LogP contribution in [-0.2, 0) is 65.4 Å². The molecule has 0 radical (unpaired) electrons. The van der Waals surface area contributed by atoms with Crippen molar-refractivity contribution in [2.24, 2.45) is 0 Å². The summed E-state index contributed by atoms with van der Waals surface area (Å²) in [4.78, 5) is 73.1. The first kappa shape index (κ1) is 100. The van der Waals surface area contributed by atoms with E-state index in [4.69, 9.17) is 37.0 Å². The lowest BCUT2D eigenvalue weighted by Gasteiger charge is -2.21. The summed E-state index contributed by atoms with van der Waals surface area (Å²) in [7, 11) is -10.00. The van der Waals surface area contributed by atoms with Crippen LogP contribution in [0.3, 0.4) is 0 Å². The van der Waals surface area contributed by atoms with Crippen LogP contribution in [0.5, 0.6) is 0 Å². The maximum absolute atomic E-state index is 13.1. The Morgan fingerprint density at radius 3 is 0.792 bits per heavy atom. The molecule has 5 atom stereocenters. The predicted octanol–water partition coefficient (Wildman–Crippen LogP) is 23.8. The van der Waals surface area contributed by atoms with Crippen molar-refractivity contribution in [3.05, 3.63) is 170 Å². The van der Waals surface area contributed by atoms with Gasteiger partial charge in [0.25, 0.3) is 0 Å². The Labute approximate surface area is 642 Å². The van der Waals surface area contributed by atoms with Crippen molar-refractivity contribution in [1.82, 2.24) is 0 Å². The monoisotopic (exact) mass is 1520 g/mol. The van der Waals surface area contributed by atoms with Gasteiger partial charge in [0.15, 0.2) is 12.2 Å². The average Bonchev–Trinajstić information content (AvgIpc) is 0.903. The Morgan fingerprint density at radius 1 is 0.274 bits per heavy atom. The Balaban J connectivity index is 5.46. The summed E-state index contributed by atoms with van der Waals surface area (Å²) in [5.41, 5.74) is 0. The van der Waals surface area contributed by atoms with Gasteiger partial charge in [-0.05, 0) is 173 Å². The van der Waals surface area contributed by atoms with Gasteiger partial charge in [0.1, 0.15) is 19.3 Å². The number of carbonyl (C=O) groups is 4. The molecule has 0 aromatic carbocycles. The molecule has 0 spiro atoms. The quantitative estimate of drug-likeness (QED) is 0.0169. The highest BCUT2D eigenvalue weighted by atomic mass is 31.2. The molecule has 0 bridgehead atoms. The highest BCUT2D eigenvalue weighted by Gasteiger charge is 2.30. The molecule has 0 heterocycles. The van der Waals surface area contributed by atoms with E-state index in [0.29, 0.717) is 25.7 Å². The number of unbranched alkanes of at least 4 members (excludes halogenated alkanes) is 20. The number of esters is 4. The summed E-state index contributed by atoms with van der Waals surface area (Å²) in [5, 5.41) is 10.6. The van der Waals surface area contributed by atoms with Crippen molar-refractivity contribution in [2.45, 2.75) is 316 Å². The van der Waals surface area contributed by atoms with Crippen molar-refractivity contribution in [2.75, 3.05) is 39.6 Å². The number of hydrogen-bond acceptors (Lipinski definition) is 15. The third-order valence-corrected chi connectivity index (χ3v) is 18.1. The molecule has 106 heavy (non-hydrogen) atoms. The van der Waals surface area contributed by atoms with Crippen LogP contribution in [0.1, 0.15) is 297 Å². The number of ether oxygens (including phenoxy) is 4. The number of allylic oxidation sites excluding steroid dienone is 28. The van der Waals surface area contributed by atoms with Gasteiger partial charge >= 0.3 is 39.5 Å². The molecule has 0 aliphatic rings. The van der Waals surface area contributed by atoms with Gasteiger partial charge in [-0.15, -0.1) is 0 Å². The van der Waals surface area contributed by atoms with E-state index in [1.54, 1.807) is 0 Å². The molecule has 3 N–H and O–H groups in total. The van der Waals surface area contributed by atoms with E-state index >= 15 is 0 Å². The van der Waals surface area contributed by atoms with E-state index in [1.807, 2.05) is 0 Å². The number of aliphatic hydroxyl groups is 1. The van der Waals surface area contributed by atoms with Crippen molar-refractivity contribution >= 4 is 39.5 Å². The normalized spacial score (nSPS) is 14.7. The molecule has 5 unspecified atom stereocenters. The summed E-state index contributed by atoms with van der Waals surface area (Å²) in [6.45, 7) is 4.40. The second-order valence-corrected chi connectivity index (χ2v) is 29.1. The van der Waals surface area contributed by atoms with Gasteiger partial charge in [0.2, 0.25) is 0 Å². The lowest BCUT2D eigenvalue weighted by atomic mass is 10.1. The fourth-order valence-corrected chi connectivity index (χ4v) is 11.7. The fourth-order valence-electron chi connectivity index (χ4n) is 10.1. The molecule has 0 aromatic rings. The lowest BCUT2D eigenvalue weighted by Crippen LogP contribution is -2.30. The minimum absolute atomic E-state index is 0.0637. The van der Waals surface area contributed by atoms with Crippen LogP contribution in [0, 0.1) is 0 Å². The minimum Gasteiger partial charge on any atom is -0.462 e. The SMILES string of the molecule is CC/C=C\C/C=C\C/C=C\C/C=C\C/C=C\CCCCCC(=O)OCC(COP(=O)(O)OCC(O)COP(=O)(O)OCC(COC(=O)CCCC/C=C\C/C=C\C/C=C\C/C=C\CC)OC(=O)CCCCCCC/C=C\CCCCCC)OC(=O)CCCCCCCC/C=C\C/C=C\C/C=C\C/C=C\CC. The topological polar surface area (TPSA) is 237 Å². The molecule has 0 aromatic heterocycles. The molecule has 0 fully saturated rings. The van der Waals surface area contributed by atoms with E-state index in [9.17, 15) is 43.2 Å². The van der Waals surface area contributed by atoms with Crippen molar-refractivity contribution < 1.29 is 80.2 Å². The molecular weight excluding hydrogens is 1380 g/mol. The first-order valence-corrected chi connectivity index (χ1v) is 43.4. The molecule has 602 valence electrons. The number of phosphoric ester groups is 2. The summed E-state index contributed by atoms with van der Waals surface area (Å²) in [6, 6.07) is 0. The molecule has 0 saturated heterocycles. The largest absolute Gasteiger partial charge is 0.472 e. The predicted molar refractivity (Wildman–Crippen MR) is 436 cm³/mol. The molecule has 0 rings (SSSR count). The maximum atomic E-state index is 13.1. The molecule has 17 nitrogen and oxygen atoms in total.